The SMILES string of the molecule is COc1ccc(OC)c(C)c1.Cc1cc(C)c(C)cc1C. The van der Waals surface area contributed by atoms with Gasteiger partial charge in [0.05, 0.1) is 14.2 Å². The first-order valence-electron chi connectivity index (χ1n) is 7.12. The highest BCUT2D eigenvalue weighted by Crippen LogP contribution is 2.22. The summed E-state index contributed by atoms with van der Waals surface area (Å²) >= 11 is 0. The number of benzene rings is 2. The summed E-state index contributed by atoms with van der Waals surface area (Å²) in [4.78, 5) is 0. The maximum absolute atomic E-state index is 5.09. The minimum Gasteiger partial charge on any atom is -0.497 e. The number of hydrogen-bond donors (Lipinski definition) is 0. The van der Waals surface area contributed by atoms with Crippen LogP contribution in [-0.2, 0) is 0 Å². The van der Waals surface area contributed by atoms with Crippen LogP contribution in [0.5, 0.6) is 11.5 Å². The third-order valence-electron chi connectivity index (χ3n) is 3.71. The van der Waals surface area contributed by atoms with Gasteiger partial charge in [-0.2, -0.15) is 0 Å². The lowest BCUT2D eigenvalue weighted by molar-refractivity contribution is 0.400. The Kier molecular flexibility index (Phi) is 6.29. The molecule has 0 aliphatic heterocycles. The standard InChI is InChI=1S/C10H14.C9H12O2/c1-7-5-9(3)10(4)6-8(7)2;1-7-6-8(10-2)4-5-9(7)11-3/h5-6H,1-4H3;4-6H,1-3H3. The third kappa shape index (κ3) is 4.82. The van der Waals surface area contributed by atoms with Gasteiger partial charge in [0.25, 0.3) is 0 Å². The number of rotatable bonds is 2. The fourth-order valence-electron chi connectivity index (χ4n) is 2.08. The first kappa shape index (κ1) is 17.1. The topological polar surface area (TPSA) is 18.5 Å². The van der Waals surface area contributed by atoms with Crippen LogP contribution in [0, 0.1) is 34.6 Å². The van der Waals surface area contributed by atoms with Crippen molar-refractivity contribution in [3.63, 3.8) is 0 Å². The minimum absolute atomic E-state index is 0.864. The number of hydrogen-bond acceptors (Lipinski definition) is 2. The molecule has 2 aromatic carbocycles. The van der Waals surface area contributed by atoms with Crippen LogP contribution in [-0.4, -0.2) is 14.2 Å². The summed E-state index contributed by atoms with van der Waals surface area (Å²) in [7, 11) is 3.32. The molecular formula is C19H26O2. The largest absolute Gasteiger partial charge is 0.497 e. The molecule has 2 rings (SSSR count). The molecule has 0 spiro atoms. The highest BCUT2D eigenvalue weighted by molar-refractivity contribution is 5.39. The van der Waals surface area contributed by atoms with Gasteiger partial charge in [-0.1, -0.05) is 12.1 Å². The average Bonchev–Trinajstić information content (AvgIpc) is 2.46. The lowest BCUT2D eigenvalue weighted by Gasteiger charge is -2.05. The van der Waals surface area contributed by atoms with E-state index in [1.807, 2.05) is 25.1 Å². The van der Waals surface area contributed by atoms with E-state index in [9.17, 15) is 0 Å². The van der Waals surface area contributed by atoms with Crippen LogP contribution in [0.1, 0.15) is 27.8 Å². The Morgan fingerprint density at radius 1 is 0.571 bits per heavy atom. The van der Waals surface area contributed by atoms with Gasteiger partial charge < -0.3 is 9.47 Å². The molecule has 0 atom stereocenters. The molecule has 0 saturated carbocycles. The van der Waals surface area contributed by atoms with E-state index in [4.69, 9.17) is 9.47 Å². The average molecular weight is 286 g/mol. The summed E-state index contributed by atoms with van der Waals surface area (Å²) < 4.78 is 10.1. The zero-order chi connectivity index (χ0) is 16.0. The monoisotopic (exact) mass is 286 g/mol. The first-order valence-corrected chi connectivity index (χ1v) is 7.12. The van der Waals surface area contributed by atoms with Crippen LogP contribution in [0.2, 0.25) is 0 Å². The van der Waals surface area contributed by atoms with Gasteiger partial charge in [0.15, 0.2) is 0 Å². The highest BCUT2D eigenvalue weighted by atomic mass is 16.5. The van der Waals surface area contributed by atoms with Crippen molar-refractivity contribution >= 4 is 0 Å². The van der Waals surface area contributed by atoms with Crippen molar-refractivity contribution in [3.05, 3.63) is 58.1 Å². The van der Waals surface area contributed by atoms with Gasteiger partial charge in [0.1, 0.15) is 11.5 Å². The molecule has 0 saturated heterocycles. The molecule has 114 valence electrons. The molecule has 0 aliphatic carbocycles. The van der Waals surface area contributed by atoms with E-state index in [1.165, 1.54) is 22.3 Å². The van der Waals surface area contributed by atoms with Gasteiger partial charge in [-0.3, -0.25) is 0 Å². The Morgan fingerprint density at radius 2 is 1.05 bits per heavy atom. The van der Waals surface area contributed by atoms with Crippen LogP contribution in [0.15, 0.2) is 30.3 Å². The van der Waals surface area contributed by atoms with Gasteiger partial charge in [-0.25, -0.2) is 0 Å². The maximum atomic E-state index is 5.09. The molecule has 0 radical (unpaired) electrons. The molecule has 21 heavy (non-hydrogen) atoms. The van der Waals surface area contributed by atoms with E-state index >= 15 is 0 Å². The molecule has 0 fully saturated rings. The van der Waals surface area contributed by atoms with Crippen molar-refractivity contribution in [1.82, 2.24) is 0 Å². The van der Waals surface area contributed by atoms with Gasteiger partial charge in [0.2, 0.25) is 0 Å². The zero-order valence-electron chi connectivity index (χ0n) is 14.2. The van der Waals surface area contributed by atoms with E-state index in [0.29, 0.717) is 0 Å². The lowest BCUT2D eigenvalue weighted by atomic mass is 10.0. The fourth-order valence-corrected chi connectivity index (χ4v) is 2.08. The first-order chi connectivity index (χ1) is 9.88. The molecule has 0 bridgehead atoms. The molecule has 0 aliphatic rings. The Hall–Kier alpha value is -1.96. The Morgan fingerprint density at radius 3 is 1.38 bits per heavy atom. The minimum atomic E-state index is 0.864. The second-order valence-electron chi connectivity index (χ2n) is 5.36. The maximum Gasteiger partial charge on any atom is 0.122 e. The van der Waals surface area contributed by atoms with Crippen molar-refractivity contribution in [2.24, 2.45) is 0 Å². The molecule has 0 amide bonds. The van der Waals surface area contributed by atoms with Gasteiger partial charge >= 0.3 is 0 Å². The van der Waals surface area contributed by atoms with Gasteiger partial charge in [-0.15, -0.1) is 0 Å². The molecule has 2 heteroatoms. The van der Waals surface area contributed by atoms with Crippen molar-refractivity contribution in [1.29, 1.82) is 0 Å². The normalized spacial score (nSPS) is 9.67. The van der Waals surface area contributed by atoms with E-state index in [2.05, 4.69) is 39.8 Å². The second kappa shape index (κ2) is 7.72. The number of aryl methyl sites for hydroxylation is 5. The summed E-state index contributed by atoms with van der Waals surface area (Å²) in [6.07, 6.45) is 0. The quantitative estimate of drug-likeness (QED) is 0.779. The Labute approximate surface area is 128 Å². The van der Waals surface area contributed by atoms with Crippen LogP contribution >= 0.6 is 0 Å². The van der Waals surface area contributed by atoms with Gasteiger partial charge in [0, 0.05) is 0 Å². The smallest absolute Gasteiger partial charge is 0.122 e. The second-order valence-corrected chi connectivity index (χ2v) is 5.36. The van der Waals surface area contributed by atoms with E-state index < -0.39 is 0 Å². The van der Waals surface area contributed by atoms with E-state index in [0.717, 1.165) is 17.1 Å². The fraction of sp³-hybridized carbons (Fsp3) is 0.368. The van der Waals surface area contributed by atoms with E-state index in [-0.39, 0.29) is 0 Å². The van der Waals surface area contributed by atoms with Crippen molar-refractivity contribution < 1.29 is 9.47 Å². The summed E-state index contributed by atoms with van der Waals surface area (Å²) in [5.41, 5.74) is 6.66. The predicted octanol–water partition coefficient (Wildman–Crippen LogP) is 4.93. The van der Waals surface area contributed by atoms with Gasteiger partial charge in [-0.05, 0) is 80.6 Å². The third-order valence-corrected chi connectivity index (χ3v) is 3.71. The van der Waals surface area contributed by atoms with Crippen LogP contribution < -0.4 is 9.47 Å². The summed E-state index contributed by atoms with van der Waals surface area (Å²) in [6.45, 7) is 10.6. The number of ether oxygens (including phenoxy) is 2. The zero-order valence-corrected chi connectivity index (χ0v) is 14.2. The lowest BCUT2D eigenvalue weighted by Crippen LogP contribution is -1.88. The van der Waals surface area contributed by atoms with E-state index in [1.54, 1.807) is 14.2 Å². The van der Waals surface area contributed by atoms with Crippen LogP contribution in [0.4, 0.5) is 0 Å². The van der Waals surface area contributed by atoms with Crippen LogP contribution in [0.25, 0.3) is 0 Å². The number of methoxy groups -OCH3 is 2. The molecule has 2 aromatic rings. The molecule has 2 nitrogen and oxygen atoms in total. The molecular weight excluding hydrogens is 260 g/mol. The van der Waals surface area contributed by atoms with Crippen molar-refractivity contribution in [3.8, 4) is 11.5 Å². The molecule has 0 heterocycles. The summed E-state index contributed by atoms with van der Waals surface area (Å²) in [5.74, 6) is 1.76. The molecule has 0 unspecified atom stereocenters. The predicted molar refractivity (Wildman–Crippen MR) is 89.7 cm³/mol. The summed E-state index contributed by atoms with van der Waals surface area (Å²) in [5, 5.41) is 0. The summed E-state index contributed by atoms with van der Waals surface area (Å²) in [6, 6.07) is 10.2. The Bertz CT molecular complexity index is 551. The van der Waals surface area contributed by atoms with Crippen molar-refractivity contribution in [2.75, 3.05) is 14.2 Å². The highest BCUT2D eigenvalue weighted by Gasteiger charge is 1.98. The molecule has 0 N–H and O–H groups in total. The Balaban J connectivity index is 0.000000211. The van der Waals surface area contributed by atoms with Crippen molar-refractivity contribution in [2.45, 2.75) is 34.6 Å². The van der Waals surface area contributed by atoms with Crippen LogP contribution in [0.3, 0.4) is 0 Å². The molecule has 0 aromatic heterocycles.